The van der Waals surface area contributed by atoms with E-state index >= 15 is 0 Å². The number of methoxy groups -OCH3 is 3. The third kappa shape index (κ3) is 7.63. The number of benzene rings is 1. The van der Waals surface area contributed by atoms with Crippen LogP contribution in [-0.2, 0) is 27.2 Å². The van der Waals surface area contributed by atoms with E-state index in [4.69, 9.17) is 14.2 Å². The Kier molecular flexibility index (Phi) is 11.4. The highest BCUT2D eigenvalue weighted by molar-refractivity contribution is 5.69. The highest BCUT2D eigenvalue weighted by Gasteiger charge is 2.15. The fourth-order valence-electron chi connectivity index (χ4n) is 4.85. The predicted molar refractivity (Wildman–Crippen MR) is 151 cm³/mol. The van der Waals surface area contributed by atoms with Crippen molar-refractivity contribution in [1.29, 1.82) is 0 Å². The predicted octanol–water partition coefficient (Wildman–Crippen LogP) is 2.73. The molecule has 2 N–H and O–H groups in total. The molecule has 0 aliphatic heterocycles. The van der Waals surface area contributed by atoms with Crippen LogP contribution >= 0.6 is 0 Å². The van der Waals surface area contributed by atoms with E-state index in [1.807, 2.05) is 12.1 Å². The van der Waals surface area contributed by atoms with Gasteiger partial charge in [-0.15, -0.1) is 0 Å². The minimum absolute atomic E-state index is 0.275. The molecule has 1 unspecified atom stereocenters. The van der Waals surface area contributed by atoms with E-state index in [0.29, 0.717) is 48.0 Å². The van der Waals surface area contributed by atoms with Gasteiger partial charge in [-0.25, -0.2) is 9.78 Å². The number of aliphatic hydroxyl groups excluding tert-OH is 1. The average Bonchev–Trinajstić information content (AvgIpc) is 3.33. The van der Waals surface area contributed by atoms with E-state index in [9.17, 15) is 14.7 Å². The quantitative estimate of drug-likeness (QED) is 0.248. The Hall–Kier alpha value is -3.31. The summed E-state index contributed by atoms with van der Waals surface area (Å²) in [4.78, 5) is 29.5. The summed E-state index contributed by atoms with van der Waals surface area (Å²) in [5.41, 5.74) is 1.16. The summed E-state index contributed by atoms with van der Waals surface area (Å²) < 4.78 is 20.7. The molecule has 39 heavy (non-hydrogen) atoms. The van der Waals surface area contributed by atoms with Crippen LogP contribution in [0.5, 0.6) is 17.2 Å². The SMILES string of the molecule is COc1cc(OC)c(CNCC(O)CCCCCCCCCn2c(=O)c3c(ncn3C)n(C)c2=O)c(OC)c1. The maximum atomic E-state index is 12.7. The van der Waals surface area contributed by atoms with Crippen LogP contribution < -0.4 is 30.8 Å². The zero-order valence-corrected chi connectivity index (χ0v) is 23.9. The van der Waals surface area contributed by atoms with Gasteiger partial charge in [0.2, 0.25) is 0 Å². The van der Waals surface area contributed by atoms with Crippen LogP contribution in [0, 0.1) is 0 Å². The van der Waals surface area contributed by atoms with E-state index in [1.165, 1.54) is 9.13 Å². The molecule has 0 saturated heterocycles. The number of imidazole rings is 1. The molecule has 3 aromatic rings. The number of nitrogens with zero attached hydrogens (tertiary/aromatic N) is 4. The average molecular weight is 546 g/mol. The molecule has 1 atom stereocenters. The Morgan fingerprint density at radius 1 is 0.923 bits per heavy atom. The largest absolute Gasteiger partial charge is 0.496 e. The summed E-state index contributed by atoms with van der Waals surface area (Å²) >= 11 is 0. The van der Waals surface area contributed by atoms with Crippen LogP contribution in [0.2, 0.25) is 0 Å². The van der Waals surface area contributed by atoms with E-state index in [-0.39, 0.29) is 11.2 Å². The first-order valence-corrected chi connectivity index (χ1v) is 13.6. The summed E-state index contributed by atoms with van der Waals surface area (Å²) in [6.45, 7) is 1.42. The van der Waals surface area contributed by atoms with Crippen LogP contribution in [0.3, 0.4) is 0 Å². The van der Waals surface area contributed by atoms with Gasteiger partial charge in [-0.2, -0.15) is 0 Å². The Morgan fingerprint density at radius 3 is 2.15 bits per heavy atom. The minimum Gasteiger partial charge on any atom is -0.496 e. The molecule has 11 nitrogen and oxygen atoms in total. The van der Waals surface area contributed by atoms with Gasteiger partial charge in [0.25, 0.3) is 5.56 Å². The first-order valence-electron chi connectivity index (χ1n) is 13.6. The third-order valence-corrected chi connectivity index (χ3v) is 7.12. The number of ether oxygens (including phenoxy) is 3. The summed E-state index contributed by atoms with van der Waals surface area (Å²) in [7, 11) is 8.23. The van der Waals surface area contributed by atoms with Crippen molar-refractivity contribution in [2.24, 2.45) is 14.1 Å². The molecule has 0 aliphatic carbocycles. The molecule has 0 aliphatic rings. The number of nitrogens with one attached hydrogen (secondary N) is 1. The van der Waals surface area contributed by atoms with E-state index < -0.39 is 6.10 Å². The Bertz CT molecular complexity index is 1300. The van der Waals surface area contributed by atoms with Crippen molar-refractivity contribution >= 4 is 11.2 Å². The Labute approximate surface area is 229 Å². The lowest BCUT2D eigenvalue weighted by Crippen LogP contribution is -2.39. The van der Waals surface area contributed by atoms with E-state index in [1.54, 1.807) is 46.3 Å². The minimum atomic E-state index is -0.419. The van der Waals surface area contributed by atoms with Crippen molar-refractivity contribution in [3.63, 3.8) is 0 Å². The zero-order valence-electron chi connectivity index (χ0n) is 23.9. The number of aliphatic hydroxyl groups is 1. The van der Waals surface area contributed by atoms with Crippen molar-refractivity contribution in [2.45, 2.75) is 70.6 Å². The van der Waals surface area contributed by atoms with Crippen molar-refractivity contribution in [3.05, 3.63) is 44.9 Å². The molecule has 0 bridgehead atoms. The van der Waals surface area contributed by atoms with Crippen LogP contribution in [0.25, 0.3) is 11.2 Å². The van der Waals surface area contributed by atoms with Gasteiger partial charge in [-0.05, 0) is 12.8 Å². The van der Waals surface area contributed by atoms with Gasteiger partial charge >= 0.3 is 5.69 Å². The number of rotatable bonds is 17. The van der Waals surface area contributed by atoms with Gasteiger partial charge in [0.1, 0.15) is 17.2 Å². The molecule has 2 aromatic heterocycles. The first-order chi connectivity index (χ1) is 18.8. The first kappa shape index (κ1) is 30.2. The van der Waals surface area contributed by atoms with E-state index in [0.717, 1.165) is 56.9 Å². The van der Waals surface area contributed by atoms with E-state index in [2.05, 4.69) is 10.3 Å². The molecule has 0 saturated carbocycles. The second-order valence-corrected chi connectivity index (χ2v) is 9.88. The lowest BCUT2D eigenvalue weighted by Gasteiger charge is -2.17. The van der Waals surface area contributed by atoms with Gasteiger partial charge in [0.05, 0.1) is 39.3 Å². The topological polar surface area (TPSA) is 122 Å². The van der Waals surface area contributed by atoms with Crippen LogP contribution in [0.4, 0.5) is 0 Å². The monoisotopic (exact) mass is 545 g/mol. The van der Waals surface area contributed by atoms with Crippen LogP contribution in [0.15, 0.2) is 28.0 Å². The molecule has 2 heterocycles. The summed E-state index contributed by atoms with van der Waals surface area (Å²) in [5.74, 6) is 2.02. The molecule has 1 aromatic carbocycles. The van der Waals surface area contributed by atoms with Gasteiger partial charge < -0.3 is 29.2 Å². The number of unbranched alkanes of at least 4 members (excludes halogenated alkanes) is 6. The summed E-state index contributed by atoms with van der Waals surface area (Å²) in [6.07, 6.45) is 8.91. The maximum absolute atomic E-state index is 12.7. The molecular weight excluding hydrogens is 502 g/mol. The second kappa shape index (κ2) is 14.7. The molecule has 0 amide bonds. The highest BCUT2D eigenvalue weighted by atomic mass is 16.5. The Balaban J connectivity index is 1.29. The molecule has 11 heteroatoms. The zero-order chi connectivity index (χ0) is 28.4. The molecular formula is C28H43N5O6. The van der Waals surface area contributed by atoms with Crippen molar-refractivity contribution in [2.75, 3.05) is 27.9 Å². The lowest BCUT2D eigenvalue weighted by molar-refractivity contribution is 0.157. The smallest absolute Gasteiger partial charge is 0.332 e. The number of hydrogen-bond acceptors (Lipinski definition) is 8. The highest BCUT2D eigenvalue weighted by Crippen LogP contribution is 2.33. The Morgan fingerprint density at radius 2 is 1.54 bits per heavy atom. The van der Waals surface area contributed by atoms with Crippen LogP contribution in [0.1, 0.15) is 56.9 Å². The molecule has 0 radical (unpaired) electrons. The summed E-state index contributed by atoms with van der Waals surface area (Å²) in [6, 6.07) is 3.64. The number of hydrogen-bond donors (Lipinski definition) is 2. The molecule has 3 rings (SSSR count). The number of aryl methyl sites for hydroxylation is 2. The van der Waals surface area contributed by atoms with Gasteiger partial charge in [0.15, 0.2) is 11.2 Å². The van der Waals surface area contributed by atoms with Crippen LogP contribution in [-0.4, -0.2) is 57.8 Å². The molecule has 0 spiro atoms. The van der Waals surface area contributed by atoms with Crippen molar-refractivity contribution in [3.8, 4) is 17.2 Å². The van der Waals surface area contributed by atoms with Gasteiger partial charge in [-0.3, -0.25) is 13.9 Å². The molecule has 216 valence electrons. The van der Waals surface area contributed by atoms with Gasteiger partial charge in [-0.1, -0.05) is 38.5 Å². The van der Waals surface area contributed by atoms with Crippen molar-refractivity contribution < 1.29 is 19.3 Å². The summed E-state index contributed by atoms with van der Waals surface area (Å²) in [5, 5.41) is 13.7. The normalized spacial score (nSPS) is 12.2. The second-order valence-electron chi connectivity index (χ2n) is 9.88. The number of fused-ring (bicyclic) bond motifs is 1. The van der Waals surface area contributed by atoms with Gasteiger partial charge in [0, 0.05) is 45.9 Å². The number of aromatic nitrogens is 4. The fraction of sp³-hybridized carbons (Fsp3) is 0.607. The lowest BCUT2D eigenvalue weighted by atomic mass is 10.1. The molecule has 0 fully saturated rings. The maximum Gasteiger partial charge on any atom is 0.332 e. The van der Waals surface area contributed by atoms with Crippen molar-refractivity contribution in [1.82, 2.24) is 24.0 Å². The third-order valence-electron chi connectivity index (χ3n) is 7.12. The standard InChI is InChI=1S/C28H43N5O6/c1-31-19-30-26-25(31)27(35)33(28(36)32(26)2)14-12-10-8-6-7-9-11-13-20(34)17-29-18-22-23(38-4)15-21(37-3)16-24(22)39-5/h15-16,19-20,29,34H,6-14,17-18H2,1-5H3. The fourth-order valence-corrected chi connectivity index (χ4v) is 4.85.